The predicted octanol–water partition coefficient (Wildman–Crippen LogP) is 2.83. The van der Waals surface area contributed by atoms with Crippen LogP contribution < -0.4 is 5.32 Å². The summed E-state index contributed by atoms with van der Waals surface area (Å²) >= 11 is 0. The van der Waals surface area contributed by atoms with E-state index in [9.17, 15) is 0 Å². The number of aromatic nitrogens is 2. The van der Waals surface area contributed by atoms with Crippen LogP contribution in [0.25, 0.3) is 0 Å². The highest BCUT2D eigenvalue weighted by Crippen LogP contribution is 2.38. The lowest BCUT2D eigenvalue weighted by atomic mass is 9.76. The second kappa shape index (κ2) is 4.53. The van der Waals surface area contributed by atoms with Crippen LogP contribution in [0.4, 0.5) is 5.69 Å². The van der Waals surface area contributed by atoms with Crippen molar-refractivity contribution >= 4 is 5.69 Å². The number of benzene rings is 1. The molecule has 0 spiro atoms. The van der Waals surface area contributed by atoms with E-state index in [0.29, 0.717) is 12.0 Å². The van der Waals surface area contributed by atoms with Crippen molar-refractivity contribution in [2.45, 2.75) is 24.8 Å². The summed E-state index contributed by atoms with van der Waals surface area (Å²) < 4.78 is 0. The Hall–Kier alpha value is -1.90. The van der Waals surface area contributed by atoms with Crippen LogP contribution in [0.1, 0.15) is 24.3 Å². The van der Waals surface area contributed by atoms with Gasteiger partial charge < -0.3 is 5.32 Å². The van der Waals surface area contributed by atoms with Crippen LogP contribution in [0.15, 0.2) is 49.1 Å². The zero-order valence-electron chi connectivity index (χ0n) is 9.58. The molecule has 0 aliphatic heterocycles. The van der Waals surface area contributed by atoms with Gasteiger partial charge in [0.2, 0.25) is 0 Å². The minimum absolute atomic E-state index is 0.561. The van der Waals surface area contributed by atoms with E-state index in [0.717, 1.165) is 5.69 Å². The van der Waals surface area contributed by atoms with Crippen molar-refractivity contribution in [3.05, 3.63) is 54.6 Å². The molecule has 1 aliphatic rings. The Labute approximate surface area is 101 Å². The van der Waals surface area contributed by atoms with Gasteiger partial charge in [-0.3, -0.25) is 0 Å². The zero-order chi connectivity index (χ0) is 11.5. The highest BCUT2D eigenvalue weighted by molar-refractivity contribution is 5.40. The Morgan fingerprint density at radius 2 is 1.71 bits per heavy atom. The fraction of sp³-hybridized carbons (Fsp3) is 0.286. The SMILES string of the molecule is c1ccc(C2CC(Nc3cncnc3)C2)cc1. The Kier molecular flexibility index (Phi) is 2.74. The van der Waals surface area contributed by atoms with Crippen LogP contribution in [0.2, 0.25) is 0 Å². The lowest BCUT2D eigenvalue weighted by Crippen LogP contribution is -2.34. The summed E-state index contributed by atoms with van der Waals surface area (Å²) in [6, 6.07) is 11.3. The van der Waals surface area contributed by atoms with Crippen LogP contribution in [0, 0.1) is 0 Å². The Balaban J connectivity index is 1.56. The molecule has 1 aliphatic carbocycles. The van der Waals surface area contributed by atoms with E-state index >= 15 is 0 Å². The van der Waals surface area contributed by atoms with Crippen LogP contribution >= 0.6 is 0 Å². The molecule has 0 saturated heterocycles. The molecular formula is C14H15N3. The van der Waals surface area contributed by atoms with E-state index in [1.54, 1.807) is 6.33 Å². The minimum atomic E-state index is 0.561. The van der Waals surface area contributed by atoms with Crippen LogP contribution in [0.5, 0.6) is 0 Å². The number of nitrogens with zero attached hydrogens (tertiary/aromatic N) is 2. The third-order valence-electron chi connectivity index (χ3n) is 3.34. The maximum absolute atomic E-state index is 4.00. The van der Waals surface area contributed by atoms with Crippen molar-refractivity contribution in [1.29, 1.82) is 0 Å². The van der Waals surface area contributed by atoms with Gasteiger partial charge in [-0.05, 0) is 24.3 Å². The van der Waals surface area contributed by atoms with E-state index in [4.69, 9.17) is 0 Å². The number of nitrogens with one attached hydrogen (secondary N) is 1. The molecule has 1 heterocycles. The molecule has 1 N–H and O–H groups in total. The first-order chi connectivity index (χ1) is 8.42. The summed E-state index contributed by atoms with van der Waals surface area (Å²) in [7, 11) is 0. The fourth-order valence-corrected chi connectivity index (χ4v) is 2.34. The van der Waals surface area contributed by atoms with Crippen molar-refractivity contribution in [1.82, 2.24) is 9.97 Å². The Bertz CT molecular complexity index is 463. The van der Waals surface area contributed by atoms with E-state index in [2.05, 4.69) is 45.6 Å². The normalized spacial score (nSPS) is 22.8. The van der Waals surface area contributed by atoms with Gasteiger partial charge in [0.25, 0.3) is 0 Å². The summed E-state index contributed by atoms with van der Waals surface area (Å²) in [6.45, 7) is 0. The molecule has 3 heteroatoms. The van der Waals surface area contributed by atoms with Gasteiger partial charge in [-0.2, -0.15) is 0 Å². The first-order valence-electron chi connectivity index (χ1n) is 5.98. The van der Waals surface area contributed by atoms with Gasteiger partial charge in [0.05, 0.1) is 18.1 Å². The first-order valence-corrected chi connectivity index (χ1v) is 5.98. The summed E-state index contributed by atoms with van der Waals surface area (Å²) in [4.78, 5) is 8.00. The second-order valence-corrected chi connectivity index (χ2v) is 4.55. The zero-order valence-corrected chi connectivity index (χ0v) is 9.58. The molecule has 3 nitrogen and oxygen atoms in total. The van der Waals surface area contributed by atoms with E-state index in [-0.39, 0.29) is 0 Å². The molecule has 0 amide bonds. The van der Waals surface area contributed by atoms with Gasteiger partial charge in [-0.1, -0.05) is 30.3 Å². The molecule has 0 atom stereocenters. The highest BCUT2D eigenvalue weighted by Gasteiger charge is 2.29. The van der Waals surface area contributed by atoms with Crippen molar-refractivity contribution < 1.29 is 0 Å². The van der Waals surface area contributed by atoms with Crippen molar-refractivity contribution in [2.75, 3.05) is 5.32 Å². The van der Waals surface area contributed by atoms with E-state index < -0.39 is 0 Å². The lowest BCUT2D eigenvalue weighted by molar-refractivity contribution is 0.374. The van der Waals surface area contributed by atoms with Gasteiger partial charge in [0, 0.05) is 6.04 Å². The fourth-order valence-electron chi connectivity index (χ4n) is 2.34. The summed E-state index contributed by atoms with van der Waals surface area (Å²) in [6.07, 6.45) is 7.59. The average Bonchev–Trinajstić information content (AvgIpc) is 2.36. The Morgan fingerprint density at radius 3 is 2.41 bits per heavy atom. The summed E-state index contributed by atoms with van der Waals surface area (Å²) in [5.74, 6) is 0.707. The monoisotopic (exact) mass is 225 g/mol. The third-order valence-corrected chi connectivity index (χ3v) is 3.34. The largest absolute Gasteiger partial charge is 0.380 e. The molecule has 1 aromatic carbocycles. The maximum atomic E-state index is 4.00. The molecule has 17 heavy (non-hydrogen) atoms. The molecule has 0 radical (unpaired) electrons. The number of rotatable bonds is 3. The molecule has 1 saturated carbocycles. The smallest absolute Gasteiger partial charge is 0.115 e. The standard InChI is InChI=1S/C14H15N3/c1-2-4-11(5-3-1)12-6-13(7-12)17-14-8-15-10-16-9-14/h1-5,8-10,12-13,17H,6-7H2. The molecule has 3 rings (SSSR count). The topological polar surface area (TPSA) is 37.8 Å². The van der Waals surface area contributed by atoms with Gasteiger partial charge in [0.1, 0.15) is 6.33 Å². The average molecular weight is 225 g/mol. The van der Waals surface area contributed by atoms with E-state index in [1.165, 1.54) is 18.4 Å². The van der Waals surface area contributed by atoms with E-state index in [1.807, 2.05) is 12.4 Å². The van der Waals surface area contributed by atoms with Crippen molar-refractivity contribution in [3.63, 3.8) is 0 Å². The molecule has 0 bridgehead atoms. The molecule has 0 unspecified atom stereocenters. The predicted molar refractivity (Wildman–Crippen MR) is 67.9 cm³/mol. The van der Waals surface area contributed by atoms with Crippen LogP contribution in [-0.2, 0) is 0 Å². The molecule has 86 valence electrons. The van der Waals surface area contributed by atoms with Gasteiger partial charge in [-0.15, -0.1) is 0 Å². The molecule has 1 aromatic heterocycles. The summed E-state index contributed by atoms with van der Waals surface area (Å²) in [5.41, 5.74) is 2.47. The number of hydrogen-bond acceptors (Lipinski definition) is 3. The van der Waals surface area contributed by atoms with Crippen LogP contribution in [0.3, 0.4) is 0 Å². The second-order valence-electron chi connectivity index (χ2n) is 4.55. The highest BCUT2D eigenvalue weighted by atomic mass is 15.0. The lowest BCUT2D eigenvalue weighted by Gasteiger charge is -2.36. The first kappa shape index (κ1) is 10.3. The molecular weight excluding hydrogens is 210 g/mol. The van der Waals surface area contributed by atoms with Crippen LogP contribution in [-0.4, -0.2) is 16.0 Å². The van der Waals surface area contributed by atoms with Crippen molar-refractivity contribution in [3.8, 4) is 0 Å². The number of hydrogen-bond donors (Lipinski definition) is 1. The van der Waals surface area contributed by atoms with Crippen molar-refractivity contribution in [2.24, 2.45) is 0 Å². The molecule has 1 fully saturated rings. The minimum Gasteiger partial charge on any atom is -0.380 e. The van der Waals surface area contributed by atoms with Gasteiger partial charge in [-0.25, -0.2) is 9.97 Å². The van der Waals surface area contributed by atoms with Gasteiger partial charge >= 0.3 is 0 Å². The molecule has 2 aromatic rings. The Morgan fingerprint density at radius 1 is 1.00 bits per heavy atom. The maximum Gasteiger partial charge on any atom is 0.115 e. The quantitative estimate of drug-likeness (QED) is 0.872. The van der Waals surface area contributed by atoms with Gasteiger partial charge in [0.15, 0.2) is 0 Å². The number of anilines is 1. The summed E-state index contributed by atoms with van der Waals surface area (Å²) in [5, 5.41) is 3.45. The third kappa shape index (κ3) is 2.28.